The Kier molecular flexibility index (Phi) is 7.01. The van der Waals surface area contributed by atoms with Crippen LogP contribution < -0.4 is 20.1 Å². The second-order valence-electron chi connectivity index (χ2n) is 9.41. The molecule has 1 fully saturated rings. The smallest absolute Gasteiger partial charge is 0.244 e. The quantitative estimate of drug-likeness (QED) is 0.502. The molecule has 37 heavy (non-hydrogen) atoms. The maximum absolute atomic E-state index is 13.3. The number of rotatable bonds is 7. The number of fused-ring (bicyclic) bond motifs is 1. The number of ether oxygens (including phenoxy) is 2. The van der Waals surface area contributed by atoms with Gasteiger partial charge in [-0.2, -0.15) is 5.26 Å². The van der Waals surface area contributed by atoms with E-state index in [1.54, 1.807) is 7.11 Å². The third-order valence-electron chi connectivity index (χ3n) is 7.11. The van der Waals surface area contributed by atoms with Crippen molar-refractivity contribution in [2.45, 2.75) is 32.2 Å². The summed E-state index contributed by atoms with van der Waals surface area (Å²) in [6.45, 7) is 6.24. The number of methoxy groups -OCH3 is 1. The van der Waals surface area contributed by atoms with Gasteiger partial charge in [-0.05, 0) is 48.4 Å². The summed E-state index contributed by atoms with van der Waals surface area (Å²) in [5, 5.41) is 17.4. The fraction of sp³-hybridized carbons (Fsp3) is 0.357. The minimum absolute atomic E-state index is 0.0869. The molecule has 1 unspecified atom stereocenters. The number of anilines is 1. The van der Waals surface area contributed by atoms with Crippen molar-refractivity contribution in [2.75, 3.05) is 38.2 Å². The zero-order valence-electron chi connectivity index (χ0n) is 21.1. The van der Waals surface area contributed by atoms with Crippen LogP contribution in [0.3, 0.4) is 0 Å². The highest BCUT2D eigenvalue weighted by Crippen LogP contribution is 2.44. The average molecular weight is 503 g/mol. The van der Waals surface area contributed by atoms with Crippen LogP contribution in [0, 0.1) is 17.1 Å². The molecule has 0 saturated carbocycles. The molecule has 1 atom stereocenters. The molecule has 1 aromatic heterocycles. The number of hydrogen-bond acceptors (Lipinski definition) is 7. The Bertz CT molecular complexity index is 1340. The molecule has 0 spiro atoms. The Morgan fingerprint density at radius 1 is 1.19 bits per heavy atom. The summed E-state index contributed by atoms with van der Waals surface area (Å²) >= 11 is 0. The third-order valence-corrected chi connectivity index (χ3v) is 7.11. The Balaban J connectivity index is 1.41. The molecule has 5 rings (SSSR count). The maximum Gasteiger partial charge on any atom is 0.244 e. The van der Waals surface area contributed by atoms with E-state index in [0.29, 0.717) is 18.0 Å². The van der Waals surface area contributed by atoms with E-state index in [1.807, 2.05) is 24.3 Å². The molecule has 1 saturated heterocycles. The first kappa shape index (κ1) is 24.7. The van der Waals surface area contributed by atoms with Crippen molar-refractivity contribution in [3.63, 3.8) is 0 Å². The first-order chi connectivity index (χ1) is 18.0. The van der Waals surface area contributed by atoms with Crippen molar-refractivity contribution in [3.05, 3.63) is 82.1 Å². The lowest BCUT2D eigenvalue weighted by molar-refractivity contribution is 0.246. The van der Waals surface area contributed by atoms with E-state index in [2.05, 4.69) is 39.1 Å². The number of nitrogens with zero attached hydrogens (tertiary/aromatic N) is 4. The van der Waals surface area contributed by atoms with Gasteiger partial charge in [0.15, 0.2) is 0 Å². The normalized spacial score (nSPS) is 17.8. The molecule has 3 N–H and O–H groups in total. The van der Waals surface area contributed by atoms with Gasteiger partial charge in [-0.3, -0.25) is 10.00 Å². The van der Waals surface area contributed by atoms with Gasteiger partial charge < -0.3 is 20.1 Å². The summed E-state index contributed by atoms with van der Waals surface area (Å²) in [5.41, 5.74) is 11.4. The lowest BCUT2D eigenvalue weighted by atomic mass is 9.82. The van der Waals surface area contributed by atoms with E-state index in [4.69, 9.17) is 15.2 Å². The van der Waals surface area contributed by atoms with Crippen molar-refractivity contribution in [3.8, 4) is 17.7 Å². The first-order valence-electron chi connectivity index (χ1n) is 12.6. The Morgan fingerprint density at radius 3 is 2.62 bits per heavy atom. The van der Waals surface area contributed by atoms with Crippen LogP contribution in [0.5, 0.6) is 11.6 Å². The summed E-state index contributed by atoms with van der Waals surface area (Å²) < 4.78 is 24.7. The van der Waals surface area contributed by atoms with Crippen molar-refractivity contribution in [1.29, 1.82) is 5.26 Å². The number of nitriles is 1. The molecular formula is C28H31FN6O2. The number of benzene rings is 2. The molecule has 0 amide bonds. The fourth-order valence-corrected chi connectivity index (χ4v) is 5.24. The lowest BCUT2D eigenvalue weighted by Gasteiger charge is -2.36. The maximum atomic E-state index is 13.3. The second-order valence-corrected chi connectivity index (χ2v) is 9.41. The van der Waals surface area contributed by atoms with Crippen LogP contribution in [0.15, 0.2) is 53.9 Å². The highest BCUT2D eigenvalue weighted by molar-refractivity contribution is 5.56. The number of nitrogens with two attached hydrogens (primary N) is 1. The number of piperazine rings is 1. The van der Waals surface area contributed by atoms with Crippen molar-refractivity contribution in [2.24, 2.45) is 5.73 Å². The minimum Gasteiger partial charge on any atom is -0.496 e. The fourth-order valence-electron chi connectivity index (χ4n) is 5.24. The van der Waals surface area contributed by atoms with E-state index in [0.717, 1.165) is 72.8 Å². The van der Waals surface area contributed by atoms with E-state index < -0.39 is 0 Å². The number of aryl methyl sites for hydroxylation is 1. The molecule has 0 radical (unpaired) electrons. The molecular weight excluding hydrogens is 471 g/mol. The minimum atomic E-state index is -0.367. The molecule has 3 aromatic rings. The van der Waals surface area contributed by atoms with Gasteiger partial charge in [0.1, 0.15) is 23.2 Å². The molecule has 0 aliphatic carbocycles. The van der Waals surface area contributed by atoms with E-state index in [1.165, 1.54) is 12.1 Å². The van der Waals surface area contributed by atoms with Crippen LogP contribution >= 0.6 is 0 Å². The van der Waals surface area contributed by atoms with Gasteiger partial charge in [0.25, 0.3) is 0 Å². The summed E-state index contributed by atoms with van der Waals surface area (Å²) in [5.74, 6) is 0.727. The zero-order valence-corrected chi connectivity index (χ0v) is 21.1. The molecule has 3 heterocycles. The molecule has 8 nitrogen and oxygen atoms in total. The molecule has 0 bridgehead atoms. The SMILES string of the molecule is CCCc1[nH]nc2c1C(c1ccc(OC)c(CN3CCN(c4ccc(F)cc4)CC3)c1)C(C#N)=C(N)O2. The number of H-pyrrole nitrogens is 1. The topological polar surface area (TPSA) is 103 Å². The van der Waals surface area contributed by atoms with Crippen LogP contribution in [-0.4, -0.2) is 48.4 Å². The second kappa shape index (κ2) is 10.5. The van der Waals surface area contributed by atoms with Gasteiger partial charge in [-0.1, -0.05) is 19.4 Å². The van der Waals surface area contributed by atoms with Gasteiger partial charge >= 0.3 is 0 Å². The van der Waals surface area contributed by atoms with E-state index >= 15 is 0 Å². The molecule has 192 valence electrons. The summed E-state index contributed by atoms with van der Waals surface area (Å²) in [6, 6.07) is 15.0. The van der Waals surface area contributed by atoms with Crippen LogP contribution in [0.1, 0.15) is 41.6 Å². The zero-order chi connectivity index (χ0) is 25.9. The lowest BCUT2D eigenvalue weighted by Crippen LogP contribution is -2.46. The Morgan fingerprint density at radius 2 is 1.95 bits per heavy atom. The van der Waals surface area contributed by atoms with Crippen LogP contribution in [0.2, 0.25) is 0 Å². The monoisotopic (exact) mass is 502 g/mol. The average Bonchev–Trinajstić information content (AvgIpc) is 3.31. The van der Waals surface area contributed by atoms with E-state index in [-0.39, 0.29) is 17.6 Å². The summed E-state index contributed by atoms with van der Waals surface area (Å²) in [7, 11) is 1.67. The Hall–Kier alpha value is -4.03. The van der Waals surface area contributed by atoms with Gasteiger partial charge in [0, 0.05) is 55.2 Å². The molecule has 2 aromatic carbocycles. The van der Waals surface area contributed by atoms with Gasteiger partial charge in [-0.15, -0.1) is 5.10 Å². The predicted molar refractivity (Wildman–Crippen MR) is 139 cm³/mol. The van der Waals surface area contributed by atoms with Crippen LogP contribution in [0.4, 0.5) is 10.1 Å². The van der Waals surface area contributed by atoms with Crippen LogP contribution in [-0.2, 0) is 13.0 Å². The number of allylic oxidation sites excluding steroid dienone is 1. The molecule has 2 aliphatic rings. The molecule has 9 heteroatoms. The number of halogens is 1. The number of aromatic amines is 1. The van der Waals surface area contributed by atoms with E-state index in [9.17, 15) is 9.65 Å². The number of nitrogens with one attached hydrogen (secondary N) is 1. The highest BCUT2D eigenvalue weighted by atomic mass is 19.1. The van der Waals surface area contributed by atoms with Gasteiger partial charge in [-0.25, -0.2) is 4.39 Å². The third kappa shape index (κ3) is 4.85. The Labute approximate surface area is 216 Å². The van der Waals surface area contributed by atoms with Crippen molar-refractivity contribution in [1.82, 2.24) is 15.1 Å². The van der Waals surface area contributed by atoms with Gasteiger partial charge in [0.05, 0.1) is 13.0 Å². The predicted octanol–water partition coefficient (Wildman–Crippen LogP) is 4.05. The standard InChI is InChI=1S/C28H31FN6O2/c1-3-4-23-26-25(22(16-30)27(31)37-28(26)33-32-23)18-5-10-24(36-2)19(15-18)17-34-11-13-35(14-12-34)21-8-6-20(29)7-9-21/h5-10,15,25H,3-4,11-14,17,31H2,1-2H3,(H,32,33). The first-order valence-corrected chi connectivity index (χ1v) is 12.6. The van der Waals surface area contributed by atoms with Crippen molar-refractivity contribution < 1.29 is 13.9 Å². The highest BCUT2D eigenvalue weighted by Gasteiger charge is 2.35. The molecule has 2 aliphatic heterocycles. The number of aromatic nitrogens is 2. The summed E-state index contributed by atoms with van der Waals surface area (Å²) in [4.78, 5) is 4.65. The summed E-state index contributed by atoms with van der Waals surface area (Å²) in [6.07, 6.45) is 1.72. The van der Waals surface area contributed by atoms with Crippen LogP contribution in [0.25, 0.3) is 0 Å². The van der Waals surface area contributed by atoms with Crippen molar-refractivity contribution >= 4 is 5.69 Å². The number of hydrogen-bond donors (Lipinski definition) is 2. The largest absolute Gasteiger partial charge is 0.496 e. The van der Waals surface area contributed by atoms with Gasteiger partial charge in [0.2, 0.25) is 11.8 Å².